The Kier molecular flexibility index (Phi) is 2.74. The number of pyridine rings is 2. The number of carbonyl (C=O) groups is 1. The molecule has 1 amide bonds. The van der Waals surface area contributed by atoms with Crippen molar-refractivity contribution in [2.75, 3.05) is 4.31 Å². The van der Waals surface area contributed by atoms with E-state index in [1.54, 1.807) is 18.3 Å². The van der Waals surface area contributed by atoms with Crippen LogP contribution in [0, 0.1) is 0 Å². The third-order valence-electron chi connectivity index (χ3n) is 4.15. The third kappa shape index (κ3) is 1.66. The first-order chi connectivity index (χ1) is 10.2. The summed E-state index contributed by atoms with van der Waals surface area (Å²) in [6.07, 6.45) is 2.49. The van der Waals surface area contributed by atoms with Crippen LogP contribution >= 0.6 is 23.9 Å². The van der Waals surface area contributed by atoms with Gasteiger partial charge < -0.3 is 0 Å². The molecule has 1 aliphatic carbocycles. The van der Waals surface area contributed by atoms with Gasteiger partial charge in [0.1, 0.15) is 5.15 Å². The number of hydrogen-bond donors (Lipinski definition) is 0. The van der Waals surface area contributed by atoms with Crippen molar-refractivity contribution in [2.45, 2.75) is 18.3 Å². The maximum absolute atomic E-state index is 13.2. The van der Waals surface area contributed by atoms with Gasteiger partial charge in [-0.3, -0.25) is 4.79 Å². The number of hydrogen-bond acceptors (Lipinski definition) is 4. The van der Waals surface area contributed by atoms with Crippen LogP contribution in [0.3, 0.4) is 0 Å². The number of nitrogens with zero attached hydrogens (tertiary/aromatic N) is 3. The van der Waals surface area contributed by atoms with Crippen LogP contribution in [-0.4, -0.2) is 15.9 Å². The molecular formula is C14H9ClFN3OS. The highest BCUT2D eigenvalue weighted by Gasteiger charge is 2.55. The first-order valence-electron chi connectivity index (χ1n) is 6.39. The fraction of sp³-hybridized carbons (Fsp3) is 0.214. The Balaban J connectivity index is 1.89. The monoisotopic (exact) mass is 321 g/mol. The van der Waals surface area contributed by atoms with Crippen molar-refractivity contribution in [3.05, 3.63) is 52.4 Å². The molecule has 106 valence electrons. The van der Waals surface area contributed by atoms with Gasteiger partial charge in [0.25, 0.3) is 5.91 Å². The van der Waals surface area contributed by atoms with E-state index in [-0.39, 0.29) is 18.2 Å². The molecule has 0 fully saturated rings. The number of halogens is 2. The molecule has 1 atom stereocenters. The minimum atomic E-state index is -0.803. The molecule has 1 aliphatic heterocycles. The van der Waals surface area contributed by atoms with E-state index in [0.717, 1.165) is 21.1 Å². The van der Waals surface area contributed by atoms with E-state index in [2.05, 4.69) is 9.97 Å². The third-order valence-corrected chi connectivity index (χ3v) is 4.84. The van der Waals surface area contributed by atoms with Gasteiger partial charge >= 0.3 is 0 Å². The van der Waals surface area contributed by atoms with Crippen molar-refractivity contribution < 1.29 is 8.68 Å². The summed E-state index contributed by atoms with van der Waals surface area (Å²) in [7, 11) is 0. The Hall–Kier alpha value is -1.66. The van der Waals surface area contributed by atoms with Gasteiger partial charge in [-0.2, -0.15) is 0 Å². The fourth-order valence-corrected chi connectivity index (χ4v) is 3.85. The molecule has 0 saturated heterocycles. The summed E-state index contributed by atoms with van der Waals surface area (Å²) in [6, 6.07) is 7.20. The van der Waals surface area contributed by atoms with Crippen molar-refractivity contribution in [1.29, 1.82) is 0 Å². The Morgan fingerprint density at radius 2 is 2.19 bits per heavy atom. The Labute approximate surface area is 129 Å². The largest absolute Gasteiger partial charge is 0.272 e. The second-order valence-electron chi connectivity index (χ2n) is 5.22. The smallest absolute Gasteiger partial charge is 0.251 e. The molecule has 2 aliphatic rings. The molecule has 3 heterocycles. The molecule has 1 spiro atoms. The zero-order valence-electron chi connectivity index (χ0n) is 10.7. The van der Waals surface area contributed by atoms with Crippen LogP contribution in [0.25, 0.3) is 0 Å². The van der Waals surface area contributed by atoms with Crippen LogP contribution in [0.1, 0.15) is 16.8 Å². The first-order valence-corrected chi connectivity index (χ1v) is 7.44. The molecule has 2 aromatic heterocycles. The second kappa shape index (κ2) is 4.42. The van der Waals surface area contributed by atoms with E-state index in [9.17, 15) is 8.68 Å². The SMILES string of the molecule is O=C1N(SF)c2ncccc2C12Cc1ccc(Cl)nc1C2. The number of anilines is 1. The minimum absolute atomic E-state index is 0.0993. The van der Waals surface area contributed by atoms with E-state index in [4.69, 9.17) is 11.6 Å². The lowest BCUT2D eigenvalue weighted by Crippen LogP contribution is -2.38. The molecule has 0 radical (unpaired) electrons. The summed E-state index contributed by atoms with van der Waals surface area (Å²) in [5, 5.41) is 0.402. The fourth-order valence-electron chi connectivity index (χ4n) is 3.23. The van der Waals surface area contributed by atoms with E-state index < -0.39 is 5.41 Å². The number of amides is 1. The summed E-state index contributed by atoms with van der Waals surface area (Å²) in [4.78, 5) is 21.2. The van der Waals surface area contributed by atoms with Gasteiger partial charge in [0.2, 0.25) is 0 Å². The predicted molar refractivity (Wildman–Crippen MR) is 78.8 cm³/mol. The number of carbonyl (C=O) groups excluding carboxylic acids is 1. The van der Waals surface area contributed by atoms with Gasteiger partial charge in [0.15, 0.2) is 18.2 Å². The first kappa shape index (κ1) is 13.0. The van der Waals surface area contributed by atoms with Gasteiger partial charge in [-0.05, 0) is 24.1 Å². The quantitative estimate of drug-likeness (QED) is 0.598. The second-order valence-corrected chi connectivity index (χ2v) is 6.11. The zero-order valence-corrected chi connectivity index (χ0v) is 12.3. The summed E-state index contributed by atoms with van der Waals surface area (Å²) in [5.41, 5.74) is 1.74. The molecule has 4 nitrogen and oxygen atoms in total. The molecule has 0 bridgehead atoms. The van der Waals surface area contributed by atoms with Crippen LogP contribution in [0.2, 0.25) is 5.15 Å². The van der Waals surface area contributed by atoms with Crippen LogP contribution < -0.4 is 4.31 Å². The van der Waals surface area contributed by atoms with Gasteiger partial charge in [-0.25, -0.2) is 14.3 Å². The molecule has 0 saturated carbocycles. The highest BCUT2D eigenvalue weighted by molar-refractivity contribution is 7.96. The molecule has 0 N–H and O–H groups in total. The molecule has 21 heavy (non-hydrogen) atoms. The standard InChI is InChI=1S/C14H9ClFN3OS/c15-11-4-3-8-6-14(7-10(8)18-11)9-2-1-5-17-12(9)19(21-16)13(14)20/h1-5H,6-7H2. The van der Waals surface area contributed by atoms with Crippen LogP contribution in [0.15, 0.2) is 30.5 Å². The van der Waals surface area contributed by atoms with Crippen molar-refractivity contribution in [3.8, 4) is 0 Å². The lowest BCUT2D eigenvalue weighted by Gasteiger charge is -2.20. The van der Waals surface area contributed by atoms with Crippen molar-refractivity contribution in [2.24, 2.45) is 0 Å². The topological polar surface area (TPSA) is 46.1 Å². The van der Waals surface area contributed by atoms with E-state index in [1.165, 1.54) is 0 Å². The van der Waals surface area contributed by atoms with Crippen molar-refractivity contribution in [1.82, 2.24) is 9.97 Å². The zero-order chi connectivity index (χ0) is 14.6. The molecule has 4 rings (SSSR count). The van der Waals surface area contributed by atoms with E-state index in [0.29, 0.717) is 23.8 Å². The molecule has 0 aromatic carbocycles. The molecule has 1 unspecified atom stereocenters. The van der Waals surface area contributed by atoms with Gasteiger partial charge in [-0.1, -0.05) is 23.7 Å². The lowest BCUT2D eigenvalue weighted by molar-refractivity contribution is -0.121. The number of aromatic nitrogens is 2. The normalized spacial score (nSPS) is 22.8. The van der Waals surface area contributed by atoms with Gasteiger partial charge in [0, 0.05) is 23.9 Å². The molecule has 7 heteroatoms. The lowest BCUT2D eigenvalue weighted by atomic mass is 9.80. The Bertz CT molecular complexity index is 772. The highest BCUT2D eigenvalue weighted by atomic mass is 35.5. The Morgan fingerprint density at radius 1 is 1.33 bits per heavy atom. The van der Waals surface area contributed by atoms with E-state index in [1.807, 2.05) is 12.1 Å². The molecular weight excluding hydrogens is 313 g/mol. The average molecular weight is 322 g/mol. The van der Waals surface area contributed by atoms with Crippen LogP contribution in [0.4, 0.5) is 9.70 Å². The van der Waals surface area contributed by atoms with Gasteiger partial charge in [0.05, 0.1) is 5.41 Å². The maximum atomic E-state index is 13.2. The summed E-state index contributed by atoms with van der Waals surface area (Å²) >= 11 is 5.83. The highest BCUT2D eigenvalue weighted by Crippen LogP contribution is 2.50. The van der Waals surface area contributed by atoms with Crippen LogP contribution in [-0.2, 0) is 23.1 Å². The average Bonchev–Trinajstić information content (AvgIpc) is 2.97. The minimum Gasteiger partial charge on any atom is -0.272 e. The summed E-state index contributed by atoms with van der Waals surface area (Å²) in [6.45, 7) is 0. The summed E-state index contributed by atoms with van der Waals surface area (Å²) in [5.74, 6) is 0.103. The maximum Gasteiger partial charge on any atom is 0.251 e. The van der Waals surface area contributed by atoms with Crippen molar-refractivity contribution >= 4 is 35.7 Å². The van der Waals surface area contributed by atoms with E-state index >= 15 is 0 Å². The predicted octanol–water partition coefficient (Wildman–Crippen LogP) is 3.05. The van der Waals surface area contributed by atoms with Gasteiger partial charge in [-0.15, -0.1) is 3.89 Å². The van der Waals surface area contributed by atoms with Crippen LogP contribution in [0.5, 0.6) is 0 Å². The van der Waals surface area contributed by atoms with Crippen molar-refractivity contribution in [3.63, 3.8) is 0 Å². The number of rotatable bonds is 1. The summed E-state index contributed by atoms with van der Waals surface area (Å²) < 4.78 is 14.2. The molecule has 2 aromatic rings. The Morgan fingerprint density at radius 3 is 3.00 bits per heavy atom. The number of fused-ring (bicyclic) bond motifs is 3.